The molecule has 0 aliphatic heterocycles. The maximum atomic E-state index is 12.5. The van der Waals surface area contributed by atoms with Crippen LogP contribution in [0.5, 0.6) is 0 Å². The molecule has 4 heteroatoms. The van der Waals surface area contributed by atoms with E-state index in [0.29, 0.717) is 12.5 Å². The van der Waals surface area contributed by atoms with Crippen molar-refractivity contribution >= 4 is 24.0 Å². The molecule has 0 saturated heterocycles. The smallest absolute Gasteiger partial charge is 0.240 e. The first-order valence-corrected chi connectivity index (χ1v) is 7.89. The largest absolute Gasteiger partial charge is 0.311 e. The van der Waals surface area contributed by atoms with E-state index < -0.39 is 0 Å². The molecular weight excluding hydrogens is 284 g/mol. The minimum absolute atomic E-state index is 0. The van der Waals surface area contributed by atoms with Gasteiger partial charge in [0.2, 0.25) is 5.91 Å². The van der Waals surface area contributed by atoms with Crippen molar-refractivity contribution in [3.63, 3.8) is 0 Å². The number of anilines is 1. The summed E-state index contributed by atoms with van der Waals surface area (Å²) < 4.78 is 0. The van der Waals surface area contributed by atoms with Gasteiger partial charge in [-0.15, -0.1) is 12.4 Å². The van der Waals surface area contributed by atoms with E-state index in [9.17, 15) is 4.79 Å². The molecule has 2 fully saturated rings. The molecule has 21 heavy (non-hydrogen) atoms. The van der Waals surface area contributed by atoms with Gasteiger partial charge in [0.05, 0.1) is 6.54 Å². The van der Waals surface area contributed by atoms with E-state index in [0.717, 1.165) is 24.7 Å². The highest BCUT2D eigenvalue weighted by Gasteiger charge is 2.25. The maximum absolute atomic E-state index is 12.5. The fourth-order valence-electron chi connectivity index (χ4n) is 2.69. The molecule has 2 aliphatic carbocycles. The molecule has 0 unspecified atom stereocenters. The molecule has 3 nitrogen and oxygen atoms in total. The normalized spacial score (nSPS) is 17.7. The van der Waals surface area contributed by atoms with Gasteiger partial charge < -0.3 is 10.2 Å². The molecule has 1 N–H and O–H groups in total. The van der Waals surface area contributed by atoms with E-state index in [1.54, 1.807) is 0 Å². The van der Waals surface area contributed by atoms with E-state index in [-0.39, 0.29) is 18.3 Å². The number of hydrogen-bond donors (Lipinski definition) is 1. The Morgan fingerprint density at radius 3 is 2.38 bits per heavy atom. The Hall–Kier alpha value is -1.06. The summed E-state index contributed by atoms with van der Waals surface area (Å²) in [6, 6.07) is 10.1. The zero-order chi connectivity index (χ0) is 13.8. The maximum Gasteiger partial charge on any atom is 0.240 e. The number of carbonyl (C=O) groups is 1. The van der Waals surface area contributed by atoms with Crippen molar-refractivity contribution in [1.29, 1.82) is 0 Å². The van der Waals surface area contributed by atoms with Crippen LogP contribution in [0.3, 0.4) is 0 Å². The molecule has 2 saturated carbocycles. The molecule has 2 aliphatic rings. The first kappa shape index (κ1) is 16.3. The summed E-state index contributed by atoms with van der Waals surface area (Å²) in [7, 11) is 0. The Labute approximate surface area is 133 Å². The zero-order valence-corrected chi connectivity index (χ0v) is 13.3. The standard InChI is InChI=1S/C17H24N2O.ClH/c20-17(12-18-11-14-9-10-14)19(13-15-5-4-6-15)16-7-2-1-3-8-16;/h1-3,7-8,14-15,18H,4-6,9-13H2;1H. The molecule has 1 aromatic rings. The van der Waals surface area contributed by atoms with E-state index in [2.05, 4.69) is 5.32 Å². The number of rotatable bonds is 7. The quantitative estimate of drug-likeness (QED) is 0.838. The van der Waals surface area contributed by atoms with Crippen molar-refractivity contribution in [2.24, 2.45) is 11.8 Å². The summed E-state index contributed by atoms with van der Waals surface area (Å²) in [5.74, 6) is 1.73. The predicted molar refractivity (Wildman–Crippen MR) is 89.0 cm³/mol. The molecule has 0 atom stereocenters. The second-order valence-electron chi connectivity index (χ2n) is 6.21. The van der Waals surface area contributed by atoms with E-state index in [1.807, 2.05) is 35.2 Å². The van der Waals surface area contributed by atoms with E-state index in [1.165, 1.54) is 32.1 Å². The second kappa shape index (κ2) is 7.81. The van der Waals surface area contributed by atoms with Crippen molar-refractivity contribution < 1.29 is 4.79 Å². The van der Waals surface area contributed by atoms with Crippen LogP contribution in [0.4, 0.5) is 5.69 Å². The highest BCUT2D eigenvalue weighted by atomic mass is 35.5. The lowest BCUT2D eigenvalue weighted by atomic mass is 9.85. The summed E-state index contributed by atoms with van der Waals surface area (Å²) in [4.78, 5) is 14.5. The Kier molecular flexibility index (Phi) is 6.07. The number of benzene rings is 1. The van der Waals surface area contributed by atoms with Gasteiger partial charge in [-0.2, -0.15) is 0 Å². The minimum Gasteiger partial charge on any atom is -0.311 e. The van der Waals surface area contributed by atoms with Gasteiger partial charge >= 0.3 is 0 Å². The molecule has 1 amide bonds. The van der Waals surface area contributed by atoms with Crippen LogP contribution >= 0.6 is 12.4 Å². The number of halogens is 1. The average Bonchev–Trinajstić information content (AvgIpc) is 3.22. The third-order valence-corrected chi connectivity index (χ3v) is 4.44. The van der Waals surface area contributed by atoms with Gasteiger partial charge in [0.15, 0.2) is 0 Å². The van der Waals surface area contributed by atoms with Crippen LogP contribution in [0.15, 0.2) is 30.3 Å². The van der Waals surface area contributed by atoms with Gasteiger partial charge in [-0.3, -0.25) is 4.79 Å². The molecule has 116 valence electrons. The van der Waals surface area contributed by atoms with E-state index >= 15 is 0 Å². The molecule has 3 rings (SSSR count). The van der Waals surface area contributed by atoms with Crippen molar-refractivity contribution in [3.8, 4) is 0 Å². The third-order valence-electron chi connectivity index (χ3n) is 4.44. The van der Waals surface area contributed by atoms with Crippen molar-refractivity contribution in [1.82, 2.24) is 5.32 Å². The summed E-state index contributed by atoms with van der Waals surface area (Å²) in [6.45, 7) is 2.35. The number of para-hydroxylation sites is 1. The number of carbonyl (C=O) groups excluding carboxylic acids is 1. The Bertz CT molecular complexity index is 443. The SMILES string of the molecule is Cl.O=C(CNCC1CC1)N(CC1CCC1)c1ccccc1. The van der Waals surface area contributed by atoms with Crippen LogP contribution in [0.25, 0.3) is 0 Å². The number of amides is 1. The Morgan fingerprint density at radius 2 is 1.81 bits per heavy atom. The lowest BCUT2D eigenvalue weighted by Crippen LogP contribution is -2.42. The Balaban J connectivity index is 0.00000161. The van der Waals surface area contributed by atoms with Crippen LogP contribution in [-0.4, -0.2) is 25.5 Å². The van der Waals surface area contributed by atoms with Gasteiger partial charge in [-0.05, 0) is 56.2 Å². The minimum atomic E-state index is 0. The van der Waals surface area contributed by atoms with Crippen molar-refractivity contribution in [2.75, 3.05) is 24.5 Å². The number of hydrogen-bond acceptors (Lipinski definition) is 2. The molecular formula is C17H25ClN2O. The molecule has 1 aromatic carbocycles. The lowest BCUT2D eigenvalue weighted by Gasteiger charge is -2.32. The highest BCUT2D eigenvalue weighted by molar-refractivity contribution is 5.94. The summed E-state index contributed by atoms with van der Waals surface area (Å²) in [6.07, 6.45) is 6.51. The highest BCUT2D eigenvalue weighted by Crippen LogP contribution is 2.29. The molecule has 0 radical (unpaired) electrons. The molecule has 0 spiro atoms. The topological polar surface area (TPSA) is 32.3 Å². The second-order valence-corrected chi connectivity index (χ2v) is 6.21. The summed E-state index contributed by atoms with van der Waals surface area (Å²) >= 11 is 0. The van der Waals surface area contributed by atoms with Gasteiger partial charge in [0.1, 0.15) is 0 Å². The number of nitrogens with one attached hydrogen (secondary N) is 1. The first-order chi connectivity index (χ1) is 9.83. The van der Waals surface area contributed by atoms with Crippen LogP contribution in [-0.2, 0) is 4.79 Å². The van der Waals surface area contributed by atoms with E-state index in [4.69, 9.17) is 0 Å². The number of nitrogens with zero attached hydrogens (tertiary/aromatic N) is 1. The fraction of sp³-hybridized carbons (Fsp3) is 0.588. The third kappa shape index (κ3) is 4.72. The lowest BCUT2D eigenvalue weighted by molar-refractivity contribution is -0.118. The van der Waals surface area contributed by atoms with Gasteiger partial charge in [0, 0.05) is 12.2 Å². The van der Waals surface area contributed by atoms with Crippen molar-refractivity contribution in [2.45, 2.75) is 32.1 Å². The fourth-order valence-corrected chi connectivity index (χ4v) is 2.69. The zero-order valence-electron chi connectivity index (χ0n) is 12.5. The summed E-state index contributed by atoms with van der Waals surface area (Å²) in [5, 5.41) is 3.32. The average molecular weight is 309 g/mol. The molecule has 0 aromatic heterocycles. The van der Waals surface area contributed by atoms with Crippen molar-refractivity contribution in [3.05, 3.63) is 30.3 Å². The van der Waals surface area contributed by atoms with Crippen LogP contribution in [0, 0.1) is 11.8 Å². The van der Waals surface area contributed by atoms with Crippen LogP contribution < -0.4 is 10.2 Å². The van der Waals surface area contributed by atoms with Crippen LogP contribution in [0.1, 0.15) is 32.1 Å². The van der Waals surface area contributed by atoms with Gasteiger partial charge in [-0.25, -0.2) is 0 Å². The first-order valence-electron chi connectivity index (χ1n) is 7.89. The Morgan fingerprint density at radius 1 is 1.10 bits per heavy atom. The van der Waals surface area contributed by atoms with Gasteiger partial charge in [0.25, 0.3) is 0 Å². The summed E-state index contributed by atoms with van der Waals surface area (Å²) in [5.41, 5.74) is 1.04. The van der Waals surface area contributed by atoms with Crippen LogP contribution in [0.2, 0.25) is 0 Å². The van der Waals surface area contributed by atoms with Gasteiger partial charge in [-0.1, -0.05) is 24.6 Å². The predicted octanol–water partition coefficient (Wildman–Crippen LogP) is 3.24. The monoisotopic (exact) mass is 308 g/mol. The molecule has 0 bridgehead atoms. The molecule has 0 heterocycles.